The maximum absolute atomic E-state index is 11.1. The maximum Gasteiger partial charge on any atom is 0.227 e. The lowest BCUT2D eigenvalue weighted by Crippen LogP contribution is -2.33. The molecule has 0 aliphatic heterocycles. The number of carbonyl (C=O) groups is 1. The molecule has 0 heterocycles. The summed E-state index contributed by atoms with van der Waals surface area (Å²) in [6.07, 6.45) is -0.0720. The fourth-order valence-corrected chi connectivity index (χ4v) is 1.29. The fourth-order valence-electron chi connectivity index (χ4n) is 0.511. The zero-order valence-electron chi connectivity index (χ0n) is 7.15. The van der Waals surface area contributed by atoms with Crippen LogP contribution in [0, 0.1) is 11.3 Å². The van der Waals surface area contributed by atoms with E-state index < -0.39 is 21.2 Å². The molecule has 0 radical (unpaired) electrons. The van der Waals surface area contributed by atoms with Crippen LogP contribution >= 0.6 is 0 Å². The van der Waals surface area contributed by atoms with E-state index in [1.54, 1.807) is 6.07 Å². The molecular weight excluding hydrogens is 194 g/mol. The van der Waals surface area contributed by atoms with E-state index in [0.717, 1.165) is 0 Å². The number of amides is 1. The number of nitrogens with one attached hydrogen (secondary N) is 1. The highest BCUT2D eigenvalue weighted by Crippen LogP contribution is 1.95. The van der Waals surface area contributed by atoms with Gasteiger partial charge < -0.3 is 5.73 Å². The van der Waals surface area contributed by atoms with Crippen molar-refractivity contribution in [2.24, 2.45) is 5.73 Å². The molecule has 1 atom stereocenters. The Bertz CT molecular complexity index is 317. The SMILES string of the molecule is CC(C#N)S(=O)(=O)NCCC(N)=O. The number of nitriles is 1. The molecule has 0 rings (SSSR count). The number of carbonyl (C=O) groups excluding carboxylic acids is 1. The van der Waals surface area contributed by atoms with Crippen LogP contribution in [-0.2, 0) is 14.8 Å². The Morgan fingerprint density at radius 3 is 2.62 bits per heavy atom. The van der Waals surface area contributed by atoms with Crippen LogP contribution in [0.3, 0.4) is 0 Å². The summed E-state index contributed by atoms with van der Waals surface area (Å²) in [5.41, 5.74) is 4.79. The maximum atomic E-state index is 11.1. The van der Waals surface area contributed by atoms with Gasteiger partial charge in [0.25, 0.3) is 0 Å². The monoisotopic (exact) mass is 205 g/mol. The van der Waals surface area contributed by atoms with Crippen LogP contribution in [0.5, 0.6) is 0 Å². The van der Waals surface area contributed by atoms with Gasteiger partial charge >= 0.3 is 0 Å². The quantitative estimate of drug-likeness (QED) is 0.580. The third-order valence-corrected chi connectivity index (χ3v) is 2.96. The first-order valence-corrected chi connectivity index (χ1v) is 5.11. The van der Waals surface area contributed by atoms with Crippen LogP contribution in [0.1, 0.15) is 13.3 Å². The van der Waals surface area contributed by atoms with Crippen molar-refractivity contribution in [2.45, 2.75) is 18.6 Å². The average Bonchev–Trinajstić information content (AvgIpc) is 2.01. The van der Waals surface area contributed by atoms with Crippen molar-refractivity contribution >= 4 is 15.9 Å². The number of primary amides is 1. The lowest BCUT2D eigenvalue weighted by molar-refractivity contribution is -0.117. The second-order valence-electron chi connectivity index (χ2n) is 2.43. The number of rotatable bonds is 5. The summed E-state index contributed by atoms with van der Waals surface area (Å²) < 4.78 is 24.2. The summed E-state index contributed by atoms with van der Waals surface area (Å²) in [6.45, 7) is 1.19. The molecule has 13 heavy (non-hydrogen) atoms. The van der Waals surface area contributed by atoms with E-state index in [1.165, 1.54) is 6.92 Å². The standard InChI is InChI=1S/C6H11N3O3S/c1-5(4-7)13(11,12)9-3-2-6(8)10/h5,9H,2-3H2,1H3,(H2,8,10). The summed E-state index contributed by atoms with van der Waals surface area (Å²) in [7, 11) is -3.62. The third kappa shape index (κ3) is 4.45. The first-order valence-electron chi connectivity index (χ1n) is 3.56. The molecule has 0 bridgehead atoms. The number of sulfonamides is 1. The van der Waals surface area contributed by atoms with Gasteiger partial charge in [0.15, 0.2) is 5.25 Å². The molecule has 0 aliphatic carbocycles. The molecule has 74 valence electrons. The zero-order chi connectivity index (χ0) is 10.5. The molecule has 0 aromatic carbocycles. The molecule has 1 amide bonds. The van der Waals surface area contributed by atoms with Crippen molar-refractivity contribution in [1.82, 2.24) is 4.72 Å². The van der Waals surface area contributed by atoms with Crippen molar-refractivity contribution in [3.63, 3.8) is 0 Å². The number of hydrogen-bond acceptors (Lipinski definition) is 4. The van der Waals surface area contributed by atoms with Gasteiger partial charge in [-0.3, -0.25) is 4.79 Å². The summed E-state index contributed by atoms with van der Waals surface area (Å²) in [5, 5.41) is 7.19. The van der Waals surface area contributed by atoms with E-state index in [0.29, 0.717) is 0 Å². The molecule has 0 aromatic heterocycles. The normalized spacial score (nSPS) is 13.2. The van der Waals surface area contributed by atoms with E-state index in [9.17, 15) is 13.2 Å². The van der Waals surface area contributed by atoms with Crippen molar-refractivity contribution < 1.29 is 13.2 Å². The Labute approximate surface area is 76.8 Å². The third-order valence-electron chi connectivity index (χ3n) is 1.32. The second-order valence-corrected chi connectivity index (χ2v) is 4.51. The van der Waals surface area contributed by atoms with Crippen LogP contribution in [0.2, 0.25) is 0 Å². The smallest absolute Gasteiger partial charge is 0.227 e. The Kier molecular flexibility index (Phi) is 4.37. The summed E-state index contributed by atoms with van der Waals surface area (Å²) >= 11 is 0. The minimum Gasteiger partial charge on any atom is -0.370 e. The van der Waals surface area contributed by atoms with Gasteiger partial charge in [-0.2, -0.15) is 5.26 Å². The molecule has 7 heteroatoms. The molecule has 0 aliphatic rings. The van der Waals surface area contributed by atoms with Gasteiger partial charge in [-0.05, 0) is 6.92 Å². The van der Waals surface area contributed by atoms with Crippen molar-refractivity contribution in [1.29, 1.82) is 5.26 Å². The first-order chi connectivity index (χ1) is 5.90. The highest BCUT2D eigenvalue weighted by molar-refractivity contribution is 7.90. The van der Waals surface area contributed by atoms with E-state index in [2.05, 4.69) is 4.72 Å². The van der Waals surface area contributed by atoms with Crippen LogP contribution in [0.25, 0.3) is 0 Å². The Morgan fingerprint density at radius 1 is 1.69 bits per heavy atom. The highest BCUT2D eigenvalue weighted by Gasteiger charge is 2.18. The minimum absolute atomic E-state index is 0.0658. The lowest BCUT2D eigenvalue weighted by atomic mass is 10.4. The summed E-state index contributed by atoms with van der Waals surface area (Å²) in [4.78, 5) is 10.2. The van der Waals surface area contributed by atoms with E-state index in [4.69, 9.17) is 11.0 Å². The minimum atomic E-state index is -3.62. The van der Waals surface area contributed by atoms with E-state index in [-0.39, 0.29) is 13.0 Å². The molecule has 0 aromatic rings. The lowest BCUT2D eigenvalue weighted by Gasteiger charge is -2.05. The molecular formula is C6H11N3O3S. The number of hydrogen-bond donors (Lipinski definition) is 2. The van der Waals surface area contributed by atoms with Gasteiger partial charge in [-0.25, -0.2) is 13.1 Å². The molecule has 0 fully saturated rings. The molecule has 0 spiro atoms. The van der Waals surface area contributed by atoms with Gasteiger partial charge in [-0.1, -0.05) is 0 Å². The van der Waals surface area contributed by atoms with Crippen LogP contribution in [0.4, 0.5) is 0 Å². The van der Waals surface area contributed by atoms with Crippen molar-refractivity contribution in [3.8, 4) is 6.07 Å². The Hall–Kier alpha value is -1.13. The zero-order valence-corrected chi connectivity index (χ0v) is 7.97. The fraction of sp³-hybridized carbons (Fsp3) is 0.667. The Balaban J connectivity index is 4.07. The second kappa shape index (κ2) is 4.79. The van der Waals surface area contributed by atoms with E-state index >= 15 is 0 Å². The molecule has 6 nitrogen and oxygen atoms in total. The first kappa shape index (κ1) is 11.9. The van der Waals surface area contributed by atoms with Gasteiger partial charge in [0.1, 0.15) is 0 Å². The van der Waals surface area contributed by atoms with Crippen LogP contribution < -0.4 is 10.5 Å². The van der Waals surface area contributed by atoms with Gasteiger partial charge in [0.05, 0.1) is 6.07 Å². The largest absolute Gasteiger partial charge is 0.370 e. The Morgan fingerprint density at radius 2 is 2.23 bits per heavy atom. The molecule has 3 N–H and O–H groups in total. The van der Waals surface area contributed by atoms with Gasteiger partial charge in [-0.15, -0.1) is 0 Å². The average molecular weight is 205 g/mol. The topological polar surface area (TPSA) is 113 Å². The highest BCUT2D eigenvalue weighted by atomic mass is 32.2. The molecule has 1 unspecified atom stereocenters. The molecule has 0 saturated carbocycles. The van der Waals surface area contributed by atoms with Crippen molar-refractivity contribution in [3.05, 3.63) is 0 Å². The van der Waals surface area contributed by atoms with Gasteiger partial charge in [0.2, 0.25) is 15.9 Å². The van der Waals surface area contributed by atoms with E-state index in [1.807, 2.05) is 0 Å². The van der Waals surface area contributed by atoms with Crippen LogP contribution in [0.15, 0.2) is 0 Å². The number of nitrogens with zero attached hydrogens (tertiary/aromatic N) is 1. The molecule has 0 saturated heterocycles. The van der Waals surface area contributed by atoms with Gasteiger partial charge in [0, 0.05) is 13.0 Å². The predicted octanol–water partition coefficient (Wildman–Crippen LogP) is -1.31. The van der Waals surface area contributed by atoms with Crippen molar-refractivity contribution in [2.75, 3.05) is 6.54 Å². The summed E-state index contributed by atoms with van der Waals surface area (Å²) in [5.74, 6) is -0.590. The number of nitrogens with two attached hydrogens (primary N) is 1. The summed E-state index contributed by atoms with van der Waals surface area (Å²) in [6, 6.07) is 1.58. The van der Waals surface area contributed by atoms with Crippen LogP contribution in [-0.4, -0.2) is 26.1 Å². The predicted molar refractivity (Wildman–Crippen MR) is 45.8 cm³/mol.